The molecule has 3 nitrogen and oxygen atoms in total. The summed E-state index contributed by atoms with van der Waals surface area (Å²) in [4.78, 5) is 5.59. The molecule has 0 bridgehead atoms. The summed E-state index contributed by atoms with van der Waals surface area (Å²) in [6.07, 6.45) is 1.47. The number of thiocarbonyl (C=S) groups is 1. The van der Waals surface area contributed by atoms with Gasteiger partial charge in [0.1, 0.15) is 17.8 Å². The molecule has 1 aromatic carbocycles. The molecule has 0 unspecified atom stereocenters. The molecule has 14 heavy (non-hydrogen) atoms. The van der Waals surface area contributed by atoms with Crippen molar-refractivity contribution < 1.29 is 4.84 Å². The lowest BCUT2D eigenvalue weighted by atomic mass is 10.2. The molecule has 0 amide bonds. The van der Waals surface area contributed by atoms with Crippen LogP contribution in [0.4, 0.5) is 0 Å². The molecule has 0 atom stereocenters. The third-order valence-electron chi connectivity index (χ3n) is 1.56. The van der Waals surface area contributed by atoms with E-state index in [4.69, 9.17) is 17.1 Å². The molecular weight excluding hydrogens is 196 g/mol. The maximum Gasteiger partial charge on any atom is 0.142 e. The van der Waals surface area contributed by atoms with Gasteiger partial charge in [-0.15, -0.1) is 0 Å². The van der Waals surface area contributed by atoms with Gasteiger partial charge in [0.2, 0.25) is 0 Å². The van der Waals surface area contributed by atoms with Gasteiger partial charge in [-0.2, -0.15) is 0 Å². The molecule has 0 fully saturated rings. The van der Waals surface area contributed by atoms with Crippen LogP contribution in [-0.4, -0.2) is 18.3 Å². The van der Waals surface area contributed by atoms with Crippen LogP contribution in [0.15, 0.2) is 35.5 Å². The number of hydrogen-bond donors (Lipinski definition) is 1. The summed E-state index contributed by atoms with van der Waals surface area (Å²) in [5.74, 6) is 0. The smallest absolute Gasteiger partial charge is 0.142 e. The Bertz CT molecular complexity index is 311. The van der Waals surface area contributed by atoms with Gasteiger partial charge in [-0.1, -0.05) is 47.7 Å². The highest BCUT2D eigenvalue weighted by molar-refractivity contribution is 7.81. The van der Waals surface area contributed by atoms with E-state index >= 15 is 0 Å². The van der Waals surface area contributed by atoms with Crippen molar-refractivity contribution in [1.82, 2.24) is 5.32 Å². The first kappa shape index (κ1) is 10.7. The predicted octanol–water partition coefficient (Wildman–Crippen LogP) is 1.74. The number of rotatable bonds is 4. The first-order valence-electron chi connectivity index (χ1n) is 4.24. The van der Waals surface area contributed by atoms with E-state index in [1.54, 1.807) is 7.05 Å². The van der Waals surface area contributed by atoms with E-state index in [2.05, 4.69) is 10.5 Å². The van der Waals surface area contributed by atoms with E-state index in [0.29, 0.717) is 11.6 Å². The summed E-state index contributed by atoms with van der Waals surface area (Å²) in [7, 11) is 1.74. The van der Waals surface area contributed by atoms with Crippen LogP contribution in [0.5, 0.6) is 0 Å². The van der Waals surface area contributed by atoms with Crippen LogP contribution in [0.3, 0.4) is 0 Å². The molecule has 0 heterocycles. The van der Waals surface area contributed by atoms with E-state index in [9.17, 15) is 0 Å². The van der Waals surface area contributed by atoms with Crippen LogP contribution >= 0.6 is 12.2 Å². The molecule has 0 spiro atoms. The fourth-order valence-corrected chi connectivity index (χ4v) is 0.879. The van der Waals surface area contributed by atoms with Gasteiger partial charge in [0, 0.05) is 7.05 Å². The second-order valence-electron chi connectivity index (χ2n) is 2.61. The Balaban J connectivity index is 2.29. The molecule has 0 aliphatic rings. The summed E-state index contributed by atoms with van der Waals surface area (Å²) in [6, 6.07) is 9.84. The predicted molar refractivity (Wildman–Crippen MR) is 61.4 cm³/mol. The van der Waals surface area contributed by atoms with Crippen LogP contribution < -0.4 is 5.32 Å². The second-order valence-corrected chi connectivity index (χ2v) is 3.05. The summed E-state index contributed by atoms with van der Waals surface area (Å²) in [5.41, 5.74) is 1.08. The van der Waals surface area contributed by atoms with E-state index in [0.717, 1.165) is 5.56 Å². The highest BCUT2D eigenvalue weighted by Gasteiger charge is 1.89. The second kappa shape index (κ2) is 6.10. The van der Waals surface area contributed by atoms with Gasteiger partial charge >= 0.3 is 0 Å². The monoisotopic (exact) mass is 208 g/mol. The highest BCUT2D eigenvalue weighted by Crippen LogP contribution is 1.99. The average Bonchev–Trinajstić information content (AvgIpc) is 2.25. The largest absolute Gasteiger partial charge is 0.391 e. The molecule has 1 aromatic rings. The molecule has 0 aliphatic carbocycles. The minimum atomic E-state index is 0.462. The van der Waals surface area contributed by atoms with E-state index in [1.165, 1.54) is 6.21 Å². The van der Waals surface area contributed by atoms with Gasteiger partial charge in [0.05, 0.1) is 0 Å². The van der Waals surface area contributed by atoms with Crippen molar-refractivity contribution in [2.45, 2.75) is 6.61 Å². The van der Waals surface area contributed by atoms with Crippen LogP contribution in [-0.2, 0) is 11.4 Å². The number of nitrogens with zero attached hydrogens (tertiary/aromatic N) is 1. The number of nitrogens with one attached hydrogen (secondary N) is 1. The fourth-order valence-electron chi connectivity index (χ4n) is 0.836. The minimum Gasteiger partial charge on any atom is -0.391 e. The lowest BCUT2D eigenvalue weighted by Gasteiger charge is -1.98. The third-order valence-corrected chi connectivity index (χ3v) is 1.87. The zero-order valence-corrected chi connectivity index (χ0v) is 8.75. The Morgan fingerprint density at radius 1 is 1.50 bits per heavy atom. The Labute approximate surface area is 88.8 Å². The van der Waals surface area contributed by atoms with Crippen molar-refractivity contribution in [2.75, 3.05) is 7.05 Å². The number of oxime groups is 1. The maximum atomic E-state index is 5.03. The Morgan fingerprint density at radius 2 is 2.21 bits per heavy atom. The first-order valence-corrected chi connectivity index (χ1v) is 4.64. The van der Waals surface area contributed by atoms with Gasteiger partial charge in [-0.05, 0) is 5.56 Å². The summed E-state index contributed by atoms with van der Waals surface area (Å²) in [5, 5.41) is 6.47. The Hall–Kier alpha value is -1.42. The Kier molecular flexibility index (Phi) is 4.64. The van der Waals surface area contributed by atoms with Gasteiger partial charge in [-0.25, -0.2) is 0 Å². The fraction of sp³-hybridized carbons (Fsp3) is 0.200. The van der Waals surface area contributed by atoms with Crippen LogP contribution in [0.25, 0.3) is 0 Å². The van der Waals surface area contributed by atoms with Gasteiger partial charge in [0.25, 0.3) is 0 Å². The SMILES string of the molecule is CNC(=S)C=NOCc1ccccc1. The molecule has 4 heteroatoms. The van der Waals surface area contributed by atoms with Crippen LogP contribution in [0.2, 0.25) is 0 Å². The minimum absolute atomic E-state index is 0.462. The quantitative estimate of drug-likeness (QED) is 0.465. The molecular formula is C10H12N2OS. The molecule has 1 N–H and O–H groups in total. The lowest BCUT2D eigenvalue weighted by molar-refractivity contribution is 0.132. The third kappa shape index (κ3) is 4.00. The molecule has 0 aromatic heterocycles. The standard InChI is InChI=1S/C10H12N2OS/c1-11-10(14)7-12-13-8-9-5-3-2-4-6-9/h2-7H,8H2,1H3,(H,11,14). The van der Waals surface area contributed by atoms with Crippen molar-refractivity contribution >= 4 is 23.4 Å². The summed E-state index contributed by atoms with van der Waals surface area (Å²) < 4.78 is 0. The highest BCUT2D eigenvalue weighted by atomic mass is 32.1. The van der Waals surface area contributed by atoms with Crippen LogP contribution in [0.1, 0.15) is 5.56 Å². The zero-order valence-electron chi connectivity index (χ0n) is 7.93. The Morgan fingerprint density at radius 3 is 2.86 bits per heavy atom. The van der Waals surface area contributed by atoms with Crippen molar-refractivity contribution in [3.63, 3.8) is 0 Å². The van der Waals surface area contributed by atoms with Crippen molar-refractivity contribution in [1.29, 1.82) is 0 Å². The van der Waals surface area contributed by atoms with E-state index in [1.807, 2.05) is 30.3 Å². The molecule has 0 aliphatic heterocycles. The van der Waals surface area contributed by atoms with Crippen molar-refractivity contribution in [2.24, 2.45) is 5.16 Å². The number of benzene rings is 1. The molecule has 0 radical (unpaired) electrons. The number of hydrogen-bond acceptors (Lipinski definition) is 3. The molecule has 0 saturated carbocycles. The van der Waals surface area contributed by atoms with Crippen molar-refractivity contribution in [3.8, 4) is 0 Å². The topological polar surface area (TPSA) is 33.6 Å². The summed E-state index contributed by atoms with van der Waals surface area (Å²) >= 11 is 4.84. The molecule has 0 saturated heterocycles. The summed E-state index contributed by atoms with van der Waals surface area (Å²) in [6.45, 7) is 0.462. The van der Waals surface area contributed by atoms with Crippen molar-refractivity contribution in [3.05, 3.63) is 35.9 Å². The zero-order chi connectivity index (χ0) is 10.2. The van der Waals surface area contributed by atoms with E-state index < -0.39 is 0 Å². The van der Waals surface area contributed by atoms with Crippen LogP contribution in [0, 0.1) is 0 Å². The van der Waals surface area contributed by atoms with Gasteiger partial charge < -0.3 is 10.2 Å². The van der Waals surface area contributed by atoms with Gasteiger partial charge in [-0.3, -0.25) is 0 Å². The lowest BCUT2D eigenvalue weighted by Crippen LogP contribution is -2.16. The average molecular weight is 208 g/mol. The first-order chi connectivity index (χ1) is 6.83. The molecule has 74 valence electrons. The van der Waals surface area contributed by atoms with E-state index in [-0.39, 0.29) is 0 Å². The van der Waals surface area contributed by atoms with Gasteiger partial charge in [0.15, 0.2) is 0 Å². The normalized spacial score (nSPS) is 10.1. The maximum absolute atomic E-state index is 5.03. The molecule has 1 rings (SSSR count).